The first-order valence-electron chi connectivity index (χ1n) is 6.91. The van der Waals surface area contributed by atoms with Gasteiger partial charge in [-0.2, -0.15) is 0 Å². The van der Waals surface area contributed by atoms with Gasteiger partial charge < -0.3 is 14.2 Å². The number of amides is 1. The van der Waals surface area contributed by atoms with Crippen LogP contribution in [-0.4, -0.2) is 36.2 Å². The number of benzene rings is 1. The maximum Gasteiger partial charge on any atom is 0.289 e. The van der Waals surface area contributed by atoms with Crippen molar-refractivity contribution in [3.8, 4) is 0 Å². The van der Waals surface area contributed by atoms with Crippen molar-refractivity contribution < 1.29 is 14.0 Å². The zero-order valence-electron chi connectivity index (χ0n) is 12.0. The summed E-state index contributed by atoms with van der Waals surface area (Å²) in [5.41, 5.74) is 1.84. The van der Waals surface area contributed by atoms with Crippen molar-refractivity contribution in [1.82, 2.24) is 4.90 Å². The highest BCUT2D eigenvalue weighted by Crippen LogP contribution is 2.19. The summed E-state index contributed by atoms with van der Waals surface area (Å²) in [7, 11) is 1.72. The van der Waals surface area contributed by atoms with Crippen LogP contribution in [0.25, 0.3) is 0 Å². The highest BCUT2D eigenvalue weighted by molar-refractivity contribution is 6.30. The highest BCUT2D eigenvalue weighted by atomic mass is 35.5. The van der Waals surface area contributed by atoms with E-state index >= 15 is 0 Å². The molecule has 0 spiro atoms. The third kappa shape index (κ3) is 3.14. The fraction of sp³-hybridized carbons (Fsp3) is 0.250. The molecule has 0 N–H and O–H groups in total. The normalized spacial score (nSPS) is 17.0. The van der Waals surface area contributed by atoms with Gasteiger partial charge in [-0.05, 0) is 29.8 Å². The van der Waals surface area contributed by atoms with Crippen molar-refractivity contribution in [2.45, 2.75) is 12.5 Å². The minimum atomic E-state index is -0.173. The van der Waals surface area contributed by atoms with Crippen LogP contribution < -0.4 is 0 Å². The number of carbonyl (C=O) groups excluding carboxylic acids is 1. The van der Waals surface area contributed by atoms with Gasteiger partial charge in [0, 0.05) is 18.5 Å². The number of nitrogens with zero attached hydrogens (tertiary/aromatic N) is 2. The third-order valence-corrected chi connectivity index (χ3v) is 3.72. The van der Waals surface area contributed by atoms with Gasteiger partial charge in [0.2, 0.25) is 0 Å². The number of furan rings is 1. The molecule has 5 nitrogen and oxygen atoms in total. The van der Waals surface area contributed by atoms with Gasteiger partial charge in [0.05, 0.1) is 18.5 Å². The van der Waals surface area contributed by atoms with Crippen molar-refractivity contribution in [1.29, 1.82) is 0 Å². The molecule has 3 rings (SSSR count). The van der Waals surface area contributed by atoms with Crippen LogP contribution in [0, 0.1) is 0 Å². The van der Waals surface area contributed by atoms with Crippen LogP contribution in [0.1, 0.15) is 22.5 Å². The Kier molecular flexibility index (Phi) is 4.15. The Morgan fingerprint density at radius 3 is 2.82 bits per heavy atom. The molecule has 1 unspecified atom stereocenters. The quantitative estimate of drug-likeness (QED) is 0.870. The molecule has 114 valence electrons. The molecule has 22 heavy (non-hydrogen) atoms. The zero-order chi connectivity index (χ0) is 15.5. The minimum absolute atomic E-state index is 0.158. The molecule has 1 aromatic carbocycles. The molecule has 2 heterocycles. The first-order chi connectivity index (χ1) is 10.6. The molecule has 0 saturated carbocycles. The summed E-state index contributed by atoms with van der Waals surface area (Å²) in [6.45, 7) is 0.445. The number of oxime groups is 1. The Hall–Kier alpha value is -2.27. The Morgan fingerprint density at radius 2 is 2.14 bits per heavy atom. The van der Waals surface area contributed by atoms with Crippen molar-refractivity contribution in [3.05, 3.63) is 59.0 Å². The molecule has 1 aliphatic heterocycles. The fourth-order valence-electron chi connectivity index (χ4n) is 2.32. The van der Waals surface area contributed by atoms with Gasteiger partial charge in [-0.15, -0.1) is 0 Å². The number of hydrogen-bond acceptors (Lipinski definition) is 4. The van der Waals surface area contributed by atoms with Crippen LogP contribution in [0.5, 0.6) is 0 Å². The number of halogens is 1. The molecule has 6 heteroatoms. The van der Waals surface area contributed by atoms with Gasteiger partial charge in [0.15, 0.2) is 11.9 Å². The lowest BCUT2D eigenvalue weighted by molar-refractivity contribution is 0.0464. The predicted molar refractivity (Wildman–Crippen MR) is 83.1 cm³/mol. The van der Waals surface area contributed by atoms with E-state index in [0.29, 0.717) is 23.7 Å². The minimum Gasteiger partial charge on any atom is -0.459 e. The van der Waals surface area contributed by atoms with Crippen molar-refractivity contribution >= 4 is 23.2 Å². The molecule has 1 atom stereocenters. The lowest BCUT2D eigenvalue weighted by atomic mass is 10.0. The van der Waals surface area contributed by atoms with Gasteiger partial charge in [-0.3, -0.25) is 4.79 Å². The van der Waals surface area contributed by atoms with E-state index in [-0.39, 0.29) is 12.0 Å². The molecule has 0 radical (unpaired) electrons. The van der Waals surface area contributed by atoms with Crippen LogP contribution in [0.2, 0.25) is 5.02 Å². The lowest BCUT2D eigenvalue weighted by Gasteiger charge is -2.18. The third-order valence-electron chi connectivity index (χ3n) is 3.47. The van der Waals surface area contributed by atoms with Crippen molar-refractivity contribution in [2.75, 3.05) is 13.6 Å². The Labute approximate surface area is 133 Å². The second-order valence-corrected chi connectivity index (χ2v) is 5.58. The Balaban J connectivity index is 1.58. The summed E-state index contributed by atoms with van der Waals surface area (Å²) in [6.07, 6.45) is 1.97. The largest absolute Gasteiger partial charge is 0.459 e. The van der Waals surface area contributed by atoms with Crippen molar-refractivity contribution in [2.24, 2.45) is 5.16 Å². The number of likely N-dealkylation sites (N-methyl/N-ethyl adjacent to an activating group) is 1. The molecule has 2 aromatic rings. The van der Waals surface area contributed by atoms with E-state index in [1.54, 1.807) is 24.1 Å². The smallest absolute Gasteiger partial charge is 0.289 e. The highest BCUT2D eigenvalue weighted by Gasteiger charge is 2.26. The summed E-state index contributed by atoms with van der Waals surface area (Å²) in [5, 5.41) is 4.79. The SMILES string of the molecule is CN(CC1CC(c2ccc(Cl)cc2)=NO1)C(=O)c1ccco1. The van der Waals surface area contributed by atoms with Gasteiger partial charge >= 0.3 is 0 Å². The van der Waals surface area contributed by atoms with E-state index in [1.807, 2.05) is 24.3 Å². The van der Waals surface area contributed by atoms with Crippen LogP contribution in [0.4, 0.5) is 0 Å². The van der Waals surface area contributed by atoms with E-state index in [4.69, 9.17) is 20.9 Å². The summed E-state index contributed by atoms with van der Waals surface area (Å²) in [4.78, 5) is 19.1. The van der Waals surface area contributed by atoms with Crippen LogP contribution in [0.15, 0.2) is 52.2 Å². The maximum atomic E-state index is 12.1. The molecule has 0 bridgehead atoms. The summed E-state index contributed by atoms with van der Waals surface area (Å²) < 4.78 is 5.11. The Bertz CT molecular complexity index is 680. The summed E-state index contributed by atoms with van der Waals surface area (Å²) >= 11 is 5.88. The second-order valence-electron chi connectivity index (χ2n) is 5.14. The molecular formula is C16H15ClN2O3. The second kappa shape index (κ2) is 6.23. The summed E-state index contributed by atoms with van der Waals surface area (Å²) in [6, 6.07) is 10.8. The van der Waals surface area contributed by atoms with E-state index in [2.05, 4.69) is 5.16 Å². The monoisotopic (exact) mass is 318 g/mol. The van der Waals surface area contributed by atoms with E-state index in [1.165, 1.54) is 6.26 Å². The average molecular weight is 319 g/mol. The van der Waals surface area contributed by atoms with Crippen LogP contribution in [0.3, 0.4) is 0 Å². The average Bonchev–Trinajstić information content (AvgIpc) is 3.18. The lowest BCUT2D eigenvalue weighted by Crippen LogP contribution is -2.34. The molecule has 0 aliphatic carbocycles. The van der Waals surface area contributed by atoms with Gasteiger partial charge in [-0.1, -0.05) is 28.9 Å². The van der Waals surface area contributed by atoms with Gasteiger partial charge in [0.1, 0.15) is 0 Å². The van der Waals surface area contributed by atoms with E-state index < -0.39 is 0 Å². The zero-order valence-corrected chi connectivity index (χ0v) is 12.8. The van der Waals surface area contributed by atoms with E-state index in [0.717, 1.165) is 11.3 Å². The standard InChI is InChI=1S/C16H15ClN2O3/c1-19(16(20)15-3-2-8-21-15)10-13-9-14(18-22-13)11-4-6-12(17)7-5-11/h2-8,13H,9-10H2,1H3. The van der Waals surface area contributed by atoms with Crippen LogP contribution in [-0.2, 0) is 4.84 Å². The molecule has 1 aromatic heterocycles. The maximum absolute atomic E-state index is 12.1. The van der Waals surface area contributed by atoms with Gasteiger partial charge in [-0.25, -0.2) is 0 Å². The number of hydrogen-bond donors (Lipinski definition) is 0. The molecule has 0 fully saturated rings. The van der Waals surface area contributed by atoms with E-state index in [9.17, 15) is 4.79 Å². The number of carbonyl (C=O) groups is 1. The number of rotatable bonds is 4. The predicted octanol–water partition coefficient (Wildman–Crippen LogP) is 3.20. The van der Waals surface area contributed by atoms with Crippen molar-refractivity contribution in [3.63, 3.8) is 0 Å². The molecular weight excluding hydrogens is 304 g/mol. The molecule has 1 amide bonds. The first kappa shape index (κ1) is 14.7. The molecule has 0 saturated heterocycles. The molecule has 1 aliphatic rings. The topological polar surface area (TPSA) is 55.0 Å². The Morgan fingerprint density at radius 1 is 1.36 bits per heavy atom. The summed E-state index contributed by atoms with van der Waals surface area (Å²) in [5.74, 6) is 0.146. The van der Waals surface area contributed by atoms with Crippen LogP contribution >= 0.6 is 11.6 Å². The van der Waals surface area contributed by atoms with Gasteiger partial charge in [0.25, 0.3) is 5.91 Å². The fourth-order valence-corrected chi connectivity index (χ4v) is 2.44. The first-order valence-corrected chi connectivity index (χ1v) is 7.29.